The molecule has 0 amide bonds. The molecule has 1 heterocycles. The molecular formula is C11H17ClN2O3S. The van der Waals surface area contributed by atoms with Crippen molar-refractivity contribution in [2.45, 2.75) is 24.2 Å². The molecule has 102 valence electrons. The first-order valence-corrected chi connectivity index (χ1v) is 7.49. The van der Waals surface area contributed by atoms with Crippen molar-refractivity contribution in [3.05, 3.63) is 23.5 Å². The van der Waals surface area contributed by atoms with E-state index in [2.05, 4.69) is 4.98 Å². The molecule has 1 aromatic heterocycles. The Morgan fingerprint density at radius 3 is 2.61 bits per heavy atom. The molecule has 0 aliphatic carbocycles. The molecular weight excluding hydrogens is 276 g/mol. The quantitative estimate of drug-likeness (QED) is 0.611. The normalized spacial score (nSPS) is 12.0. The summed E-state index contributed by atoms with van der Waals surface area (Å²) in [5.74, 6) is 0. The fourth-order valence-electron chi connectivity index (χ4n) is 1.44. The van der Waals surface area contributed by atoms with Crippen LogP contribution < -0.4 is 0 Å². The zero-order chi connectivity index (χ0) is 13.6. The Balaban J connectivity index is 2.65. The Labute approximate surface area is 112 Å². The van der Waals surface area contributed by atoms with Crippen LogP contribution in [0.1, 0.15) is 19.3 Å². The number of halogens is 1. The molecule has 1 N–H and O–H groups in total. The lowest BCUT2D eigenvalue weighted by molar-refractivity contribution is 0.281. The number of aliphatic hydroxyl groups is 1. The lowest BCUT2D eigenvalue weighted by atomic mass is 10.2. The van der Waals surface area contributed by atoms with Gasteiger partial charge in [0.05, 0.1) is 0 Å². The highest BCUT2D eigenvalue weighted by Crippen LogP contribution is 2.15. The summed E-state index contributed by atoms with van der Waals surface area (Å²) in [4.78, 5) is 3.90. The molecule has 0 radical (unpaired) electrons. The summed E-state index contributed by atoms with van der Waals surface area (Å²) in [5.41, 5.74) is 0. The average molecular weight is 293 g/mol. The van der Waals surface area contributed by atoms with Gasteiger partial charge in [0.1, 0.15) is 10.0 Å². The van der Waals surface area contributed by atoms with Crippen molar-refractivity contribution in [1.29, 1.82) is 0 Å². The molecule has 5 nitrogen and oxygen atoms in total. The van der Waals surface area contributed by atoms with Gasteiger partial charge in [0.25, 0.3) is 0 Å². The van der Waals surface area contributed by atoms with Crippen LogP contribution in [-0.2, 0) is 10.0 Å². The summed E-state index contributed by atoms with van der Waals surface area (Å²) < 4.78 is 25.5. The molecule has 7 heteroatoms. The largest absolute Gasteiger partial charge is 0.396 e. The van der Waals surface area contributed by atoms with Crippen molar-refractivity contribution < 1.29 is 13.5 Å². The fourth-order valence-corrected chi connectivity index (χ4v) is 2.71. The van der Waals surface area contributed by atoms with Crippen molar-refractivity contribution in [3.8, 4) is 0 Å². The number of sulfonamides is 1. The zero-order valence-electron chi connectivity index (χ0n) is 10.2. The smallest absolute Gasteiger partial charge is 0.244 e. The third-order valence-corrected chi connectivity index (χ3v) is 4.60. The molecule has 0 spiro atoms. The van der Waals surface area contributed by atoms with Crippen molar-refractivity contribution >= 4 is 21.6 Å². The van der Waals surface area contributed by atoms with Gasteiger partial charge >= 0.3 is 0 Å². The highest BCUT2D eigenvalue weighted by Gasteiger charge is 2.20. The van der Waals surface area contributed by atoms with Crippen molar-refractivity contribution in [2.24, 2.45) is 0 Å². The molecule has 0 saturated heterocycles. The maximum Gasteiger partial charge on any atom is 0.244 e. The van der Waals surface area contributed by atoms with Gasteiger partial charge in [-0.05, 0) is 31.4 Å². The van der Waals surface area contributed by atoms with Crippen LogP contribution in [0.4, 0.5) is 0 Å². The van der Waals surface area contributed by atoms with Crippen LogP contribution in [0.3, 0.4) is 0 Å². The first-order valence-electron chi connectivity index (χ1n) is 5.67. The third-order valence-electron chi connectivity index (χ3n) is 2.54. The van der Waals surface area contributed by atoms with Crippen LogP contribution in [0.2, 0.25) is 5.15 Å². The minimum atomic E-state index is -3.49. The number of pyridine rings is 1. The highest BCUT2D eigenvalue weighted by molar-refractivity contribution is 7.89. The van der Waals surface area contributed by atoms with E-state index in [0.29, 0.717) is 13.0 Å². The van der Waals surface area contributed by atoms with E-state index in [1.54, 1.807) is 0 Å². The molecule has 1 rings (SSSR count). The molecule has 18 heavy (non-hydrogen) atoms. The monoisotopic (exact) mass is 292 g/mol. The lowest BCUT2D eigenvalue weighted by Gasteiger charge is -2.16. The molecule has 0 atom stereocenters. The Hall–Kier alpha value is -0.690. The number of hydrogen-bond acceptors (Lipinski definition) is 4. The van der Waals surface area contributed by atoms with Crippen molar-refractivity contribution in [2.75, 3.05) is 20.2 Å². The lowest BCUT2D eigenvalue weighted by Crippen LogP contribution is -2.28. The molecule has 0 aliphatic rings. The van der Waals surface area contributed by atoms with E-state index in [9.17, 15) is 8.42 Å². The molecule has 0 saturated carbocycles. The van der Waals surface area contributed by atoms with Gasteiger partial charge in [-0.3, -0.25) is 0 Å². The van der Waals surface area contributed by atoms with E-state index in [1.807, 2.05) is 0 Å². The maximum atomic E-state index is 12.1. The number of aliphatic hydroxyl groups excluding tert-OH is 1. The fraction of sp³-hybridized carbons (Fsp3) is 0.545. The summed E-state index contributed by atoms with van der Waals surface area (Å²) in [5, 5.41) is 8.91. The summed E-state index contributed by atoms with van der Waals surface area (Å²) in [6.07, 6.45) is 3.46. The second kappa shape index (κ2) is 7.04. The van der Waals surface area contributed by atoms with E-state index in [1.165, 1.54) is 29.7 Å². The van der Waals surface area contributed by atoms with E-state index in [4.69, 9.17) is 16.7 Å². The maximum absolute atomic E-state index is 12.1. The minimum Gasteiger partial charge on any atom is -0.396 e. The van der Waals surface area contributed by atoms with Crippen LogP contribution in [-0.4, -0.2) is 43.0 Å². The molecule has 0 fully saturated rings. The Morgan fingerprint density at radius 2 is 2.06 bits per heavy atom. The summed E-state index contributed by atoms with van der Waals surface area (Å²) in [6, 6.07) is 2.89. The van der Waals surface area contributed by atoms with Gasteiger partial charge < -0.3 is 5.11 Å². The highest BCUT2D eigenvalue weighted by atomic mass is 35.5. The number of hydrogen-bond donors (Lipinski definition) is 1. The molecule has 0 bridgehead atoms. The third kappa shape index (κ3) is 4.20. The molecule has 1 aromatic rings. The van der Waals surface area contributed by atoms with Crippen LogP contribution in [0, 0.1) is 0 Å². The second-order valence-corrected chi connectivity index (χ2v) is 6.36. The van der Waals surface area contributed by atoms with Crippen LogP contribution in [0.5, 0.6) is 0 Å². The number of aromatic nitrogens is 1. The van der Waals surface area contributed by atoms with E-state index in [-0.39, 0.29) is 16.7 Å². The van der Waals surface area contributed by atoms with Crippen LogP contribution in [0.25, 0.3) is 0 Å². The van der Waals surface area contributed by atoms with E-state index in [0.717, 1.165) is 12.8 Å². The Bertz CT molecular complexity index is 462. The first-order chi connectivity index (χ1) is 8.48. The van der Waals surface area contributed by atoms with E-state index >= 15 is 0 Å². The first kappa shape index (κ1) is 15.4. The van der Waals surface area contributed by atoms with Crippen LogP contribution in [0.15, 0.2) is 23.2 Å². The van der Waals surface area contributed by atoms with Crippen molar-refractivity contribution in [3.63, 3.8) is 0 Å². The SMILES string of the molecule is CN(CCCCCO)S(=O)(=O)c1ccc(Cl)nc1. The van der Waals surface area contributed by atoms with Gasteiger partial charge in [-0.1, -0.05) is 11.6 Å². The molecule has 0 aromatic carbocycles. The van der Waals surface area contributed by atoms with Gasteiger partial charge in [-0.15, -0.1) is 0 Å². The summed E-state index contributed by atoms with van der Waals surface area (Å²) in [6.45, 7) is 0.558. The summed E-state index contributed by atoms with van der Waals surface area (Å²) in [7, 11) is -1.96. The summed E-state index contributed by atoms with van der Waals surface area (Å²) >= 11 is 5.62. The van der Waals surface area contributed by atoms with Gasteiger partial charge in [-0.25, -0.2) is 17.7 Å². The van der Waals surface area contributed by atoms with Crippen molar-refractivity contribution in [1.82, 2.24) is 9.29 Å². The number of unbranched alkanes of at least 4 members (excludes halogenated alkanes) is 2. The standard InChI is InChI=1S/C11H17ClN2O3S/c1-14(7-3-2-4-8-15)18(16,17)10-5-6-11(12)13-9-10/h5-6,9,15H,2-4,7-8H2,1H3. The minimum absolute atomic E-state index is 0.136. The predicted octanol–water partition coefficient (Wildman–Crippen LogP) is 1.52. The Morgan fingerprint density at radius 1 is 1.33 bits per heavy atom. The van der Waals surface area contributed by atoms with Gasteiger partial charge in [0.15, 0.2) is 0 Å². The molecule has 0 aliphatic heterocycles. The Kier molecular flexibility index (Phi) is 6.01. The molecule has 0 unspecified atom stereocenters. The number of nitrogens with zero attached hydrogens (tertiary/aromatic N) is 2. The second-order valence-electron chi connectivity index (χ2n) is 3.93. The number of rotatable bonds is 7. The average Bonchev–Trinajstić information content (AvgIpc) is 2.35. The predicted molar refractivity (Wildman–Crippen MR) is 70.0 cm³/mol. The van der Waals surface area contributed by atoms with Gasteiger partial charge in [-0.2, -0.15) is 0 Å². The van der Waals surface area contributed by atoms with E-state index < -0.39 is 10.0 Å². The zero-order valence-corrected chi connectivity index (χ0v) is 11.8. The topological polar surface area (TPSA) is 70.5 Å². The van der Waals surface area contributed by atoms with Gasteiger partial charge in [0, 0.05) is 26.4 Å². The van der Waals surface area contributed by atoms with Crippen LogP contribution >= 0.6 is 11.6 Å². The van der Waals surface area contributed by atoms with Gasteiger partial charge in [0.2, 0.25) is 10.0 Å².